The van der Waals surface area contributed by atoms with Gasteiger partial charge >= 0.3 is 0 Å². The fourth-order valence-corrected chi connectivity index (χ4v) is 2.77. The Balaban J connectivity index is 1.71. The number of aliphatic hydroxyl groups excluding tert-OH is 1. The topological polar surface area (TPSA) is 52.1 Å². The predicted octanol–water partition coefficient (Wildman–Crippen LogP) is 2.24. The van der Waals surface area contributed by atoms with Crippen LogP contribution in [0.1, 0.15) is 35.8 Å². The van der Waals surface area contributed by atoms with Crippen molar-refractivity contribution >= 4 is 0 Å². The average molecular weight is 257 g/mol. The van der Waals surface area contributed by atoms with E-state index in [1.165, 1.54) is 18.4 Å². The molecule has 0 amide bonds. The minimum Gasteiger partial charge on any atom is -0.392 e. The molecular formula is C15H19N3O. The lowest BCUT2D eigenvalue weighted by molar-refractivity contribution is 0.240. The molecule has 2 heterocycles. The minimum absolute atomic E-state index is 0.110. The molecule has 1 unspecified atom stereocenters. The van der Waals surface area contributed by atoms with E-state index in [1.54, 1.807) is 0 Å². The zero-order valence-corrected chi connectivity index (χ0v) is 10.9. The summed E-state index contributed by atoms with van der Waals surface area (Å²) in [6.45, 7) is 2.17. The molecule has 1 aromatic carbocycles. The van der Waals surface area contributed by atoms with Crippen molar-refractivity contribution in [1.82, 2.24) is 14.9 Å². The standard InChI is InChI=1S/C15H19N3O/c19-11-13-5-3-12(4-6-13)10-18-9-1-2-14(18)15-16-7-8-17-15/h3-8,14,19H,1-2,9-11H2,(H,16,17). The first-order chi connectivity index (χ1) is 9.36. The van der Waals surface area contributed by atoms with Crippen molar-refractivity contribution in [3.05, 3.63) is 53.6 Å². The lowest BCUT2D eigenvalue weighted by Crippen LogP contribution is -2.23. The molecule has 0 bridgehead atoms. The Morgan fingerprint density at radius 1 is 1.26 bits per heavy atom. The van der Waals surface area contributed by atoms with Gasteiger partial charge in [-0.15, -0.1) is 0 Å². The number of hydrogen-bond acceptors (Lipinski definition) is 3. The van der Waals surface area contributed by atoms with E-state index >= 15 is 0 Å². The second-order valence-electron chi connectivity index (χ2n) is 5.08. The Morgan fingerprint density at radius 3 is 2.74 bits per heavy atom. The number of aromatic amines is 1. The maximum absolute atomic E-state index is 9.06. The molecule has 3 rings (SSSR count). The monoisotopic (exact) mass is 257 g/mol. The van der Waals surface area contributed by atoms with Gasteiger partial charge in [0.2, 0.25) is 0 Å². The van der Waals surface area contributed by atoms with Crippen LogP contribution in [0.4, 0.5) is 0 Å². The number of H-pyrrole nitrogens is 1. The smallest absolute Gasteiger partial charge is 0.123 e. The number of nitrogens with one attached hydrogen (secondary N) is 1. The normalized spacial score (nSPS) is 19.9. The van der Waals surface area contributed by atoms with Gasteiger partial charge in [0.25, 0.3) is 0 Å². The van der Waals surface area contributed by atoms with Gasteiger partial charge in [0.1, 0.15) is 5.82 Å². The van der Waals surface area contributed by atoms with Crippen molar-refractivity contribution in [2.24, 2.45) is 0 Å². The highest BCUT2D eigenvalue weighted by molar-refractivity contribution is 5.22. The first kappa shape index (κ1) is 12.4. The molecule has 0 spiro atoms. The number of aliphatic hydroxyl groups is 1. The number of aromatic nitrogens is 2. The zero-order valence-electron chi connectivity index (χ0n) is 10.9. The maximum atomic E-state index is 9.06. The van der Waals surface area contributed by atoms with Crippen LogP contribution in [-0.2, 0) is 13.2 Å². The van der Waals surface area contributed by atoms with Crippen LogP contribution >= 0.6 is 0 Å². The molecule has 1 fully saturated rings. The zero-order chi connectivity index (χ0) is 13.1. The van der Waals surface area contributed by atoms with Crippen molar-refractivity contribution in [3.8, 4) is 0 Å². The summed E-state index contributed by atoms with van der Waals surface area (Å²) in [6, 6.07) is 8.60. The van der Waals surface area contributed by atoms with Crippen LogP contribution in [0.25, 0.3) is 0 Å². The van der Waals surface area contributed by atoms with E-state index in [0.717, 1.165) is 24.5 Å². The van der Waals surface area contributed by atoms with Gasteiger partial charge < -0.3 is 10.1 Å². The molecule has 4 heteroatoms. The van der Waals surface area contributed by atoms with Crippen molar-refractivity contribution in [2.45, 2.75) is 32.0 Å². The van der Waals surface area contributed by atoms with Gasteiger partial charge in [-0.1, -0.05) is 24.3 Å². The molecule has 1 aliphatic rings. The van der Waals surface area contributed by atoms with Crippen LogP contribution < -0.4 is 0 Å². The number of nitrogens with zero attached hydrogens (tertiary/aromatic N) is 2. The third-order valence-corrected chi connectivity index (χ3v) is 3.79. The third-order valence-electron chi connectivity index (χ3n) is 3.79. The Labute approximate surface area is 113 Å². The average Bonchev–Trinajstić information content (AvgIpc) is 3.10. The number of imidazole rings is 1. The summed E-state index contributed by atoms with van der Waals surface area (Å²) in [5.74, 6) is 1.07. The summed E-state index contributed by atoms with van der Waals surface area (Å²) in [6.07, 6.45) is 6.10. The van der Waals surface area contributed by atoms with Crippen LogP contribution in [0.3, 0.4) is 0 Å². The Bertz CT molecular complexity index is 507. The fourth-order valence-electron chi connectivity index (χ4n) is 2.77. The van der Waals surface area contributed by atoms with Gasteiger partial charge in [-0.3, -0.25) is 4.90 Å². The molecule has 19 heavy (non-hydrogen) atoms. The lowest BCUT2D eigenvalue weighted by atomic mass is 10.1. The van der Waals surface area contributed by atoms with E-state index in [0.29, 0.717) is 6.04 Å². The van der Waals surface area contributed by atoms with Crippen molar-refractivity contribution in [2.75, 3.05) is 6.54 Å². The highest BCUT2D eigenvalue weighted by Crippen LogP contribution is 2.31. The largest absolute Gasteiger partial charge is 0.392 e. The number of rotatable bonds is 4. The summed E-state index contributed by atoms with van der Waals surface area (Å²) < 4.78 is 0. The Kier molecular flexibility index (Phi) is 3.62. The number of hydrogen-bond donors (Lipinski definition) is 2. The molecule has 1 aliphatic heterocycles. The van der Waals surface area contributed by atoms with Gasteiger partial charge in [-0.05, 0) is 30.5 Å². The van der Waals surface area contributed by atoms with Crippen LogP contribution in [-0.4, -0.2) is 26.5 Å². The van der Waals surface area contributed by atoms with E-state index < -0.39 is 0 Å². The molecule has 2 N–H and O–H groups in total. The van der Waals surface area contributed by atoms with E-state index in [2.05, 4.69) is 27.0 Å². The predicted molar refractivity (Wildman–Crippen MR) is 73.3 cm³/mol. The minimum atomic E-state index is 0.110. The number of benzene rings is 1. The quantitative estimate of drug-likeness (QED) is 0.883. The molecule has 1 atom stereocenters. The van der Waals surface area contributed by atoms with Gasteiger partial charge in [0.05, 0.1) is 12.6 Å². The van der Waals surface area contributed by atoms with E-state index in [9.17, 15) is 0 Å². The van der Waals surface area contributed by atoms with Gasteiger partial charge in [-0.25, -0.2) is 4.98 Å². The van der Waals surface area contributed by atoms with Gasteiger partial charge in [0, 0.05) is 18.9 Å². The SMILES string of the molecule is OCc1ccc(CN2CCCC2c2ncc[nH]2)cc1. The van der Waals surface area contributed by atoms with Crippen LogP contribution in [0.5, 0.6) is 0 Å². The summed E-state index contributed by atoms with van der Waals surface area (Å²) in [4.78, 5) is 10.1. The summed E-state index contributed by atoms with van der Waals surface area (Å²) in [5.41, 5.74) is 2.25. The van der Waals surface area contributed by atoms with Gasteiger partial charge in [-0.2, -0.15) is 0 Å². The molecular weight excluding hydrogens is 238 g/mol. The second kappa shape index (κ2) is 5.55. The summed E-state index contributed by atoms with van der Waals surface area (Å²) >= 11 is 0. The van der Waals surface area contributed by atoms with E-state index in [-0.39, 0.29) is 6.61 Å². The van der Waals surface area contributed by atoms with E-state index in [1.807, 2.05) is 24.5 Å². The van der Waals surface area contributed by atoms with Crippen LogP contribution in [0, 0.1) is 0 Å². The molecule has 0 saturated carbocycles. The maximum Gasteiger partial charge on any atom is 0.123 e. The summed E-state index contributed by atoms with van der Waals surface area (Å²) in [7, 11) is 0. The lowest BCUT2D eigenvalue weighted by Gasteiger charge is -2.22. The number of likely N-dealkylation sites (tertiary alicyclic amines) is 1. The molecule has 4 nitrogen and oxygen atoms in total. The molecule has 1 aromatic heterocycles. The van der Waals surface area contributed by atoms with Crippen LogP contribution in [0.2, 0.25) is 0 Å². The molecule has 100 valence electrons. The van der Waals surface area contributed by atoms with Crippen molar-refractivity contribution in [1.29, 1.82) is 0 Å². The molecule has 0 radical (unpaired) electrons. The molecule has 2 aromatic rings. The third kappa shape index (κ3) is 2.69. The van der Waals surface area contributed by atoms with Crippen molar-refractivity contribution in [3.63, 3.8) is 0 Å². The Morgan fingerprint density at radius 2 is 2.05 bits per heavy atom. The summed E-state index contributed by atoms with van der Waals surface area (Å²) in [5, 5.41) is 9.06. The fraction of sp³-hybridized carbons (Fsp3) is 0.400. The highest BCUT2D eigenvalue weighted by Gasteiger charge is 2.27. The molecule has 1 saturated heterocycles. The first-order valence-electron chi connectivity index (χ1n) is 6.79. The first-order valence-corrected chi connectivity index (χ1v) is 6.79. The van der Waals surface area contributed by atoms with Crippen molar-refractivity contribution < 1.29 is 5.11 Å². The Hall–Kier alpha value is -1.65. The molecule has 0 aliphatic carbocycles. The van der Waals surface area contributed by atoms with Gasteiger partial charge in [0.15, 0.2) is 0 Å². The second-order valence-corrected chi connectivity index (χ2v) is 5.08. The van der Waals surface area contributed by atoms with E-state index in [4.69, 9.17) is 5.11 Å². The highest BCUT2D eigenvalue weighted by atomic mass is 16.3. The van der Waals surface area contributed by atoms with Crippen LogP contribution in [0.15, 0.2) is 36.7 Å².